The second-order valence-corrected chi connectivity index (χ2v) is 4.98. The van der Waals surface area contributed by atoms with Gasteiger partial charge in [-0.1, -0.05) is 0 Å². The van der Waals surface area contributed by atoms with Gasteiger partial charge in [-0.05, 0) is 25.7 Å². The first kappa shape index (κ1) is 10.1. The lowest BCUT2D eigenvalue weighted by atomic mass is 9.97. The third-order valence-corrected chi connectivity index (χ3v) is 3.93. The fourth-order valence-electron chi connectivity index (χ4n) is 3.10. The van der Waals surface area contributed by atoms with Crippen LogP contribution in [0.5, 0.6) is 0 Å². The van der Waals surface area contributed by atoms with Crippen molar-refractivity contribution in [1.29, 1.82) is 0 Å². The number of hydrogen-bond donors (Lipinski definition) is 1. The van der Waals surface area contributed by atoms with Crippen LogP contribution in [0, 0.1) is 5.92 Å². The minimum Gasteiger partial charge on any atom is -0.465 e. The predicted octanol–water partition coefficient (Wildman–Crippen LogP) is 0.874. The summed E-state index contributed by atoms with van der Waals surface area (Å²) in [6.07, 6.45) is 4.03. The van der Waals surface area contributed by atoms with Crippen molar-refractivity contribution in [3.05, 3.63) is 0 Å². The molecule has 0 aromatic carbocycles. The lowest BCUT2D eigenvalue weighted by Crippen LogP contribution is -2.49. The molecule has 4 atom stereocenters. The summed E-state index contributed by atoms with van der Waals surface area (Å²) in [4.78, 5) is 23.3. The maximum absolute atomic E-state index is 11.0. The molecule has 2 bridgehead atoms. The zero-order valence-corrected chi connectivity index (χ0v) is 8.91. The quantitative estimate of drug-likeness (QED) is 0.724. The van der Waals surface area contributed by atoms with E-state index in [4.69, 9.17) is 9.84 Å². The molecule has 1 N–H and O–H groups in total. The Bertz CT molecular complexity index is 328. The third kappa shape index (κ3) is 1.42. The Morgan fingerprint density at radius 1 is 1.38 bits per heavy atom. The molecule has 3 aliphatic rings. The summed E-state index contributed by atoms with van der Waals surface area (Å²) >= 11 is 0. The summed E-state index contributed by atoms with van der Waals surface area (Å²) < 4.78 is 5.84. The van der Waals surface area contributed by atoms with Crippen LogP contribution >= 0.6 is 0 Å². The van der Waals surface area contributed by atoms with Gasteiger partial charge >= 0.3 is 6.09 Å². The Morgan fingerprint density at radius 2 is 2.12 bits per heavy atom. The highest BCUT2D eigenvalue weighted by Crippen LogP contribution is 2.45. The fraction of sp³-hybridized carbons (Fsp3) is 0.818. The number of rotatable bonds is 3. The van der Waals surface area contributed by atoms with Crippen LogP contribution in [-0.4, -0.2) is 46.7 Å². The van der Waals surface area contributed by atoms with E-state index in [1.165, 1.54) is 4.90 Å². The zero-order chi connectivity index (χ0) is 11.3. The monoisotopic (exact) mass is 225 g/mol. The van der Waals surface area contributed by atoms with Crippen LogP contribution in [0.25, 0.3) is 0 Å². The molecule has 1 aliphatic heterocycles. The molecule has 5 heteroatoms. The molecular formula is C11H15NO4. The van der Waals surface area contributed by atoms with Gasteiger partial charge in [0.15, 0.2) is 0 Å². The molecule has 2 saturated carbocycles. The van der Waals surface area contributed by atoms with E-state index in [9.17, 15) is 9.59 Å². The average Bonchev–Trinajstić information content (AvgIpc) is 2.86. The average molecular weight is 225 g/mol. The van der Waals surface area contributed by atoms with Gasteiger partial charge in [0.05, 0.1) is 18.2 Å². The van der Waals surface area contributed by atoms with Crippen molar-refractivity contribution >= 4 is 12.4 Å². The summed E-state index contributed by atoms with van der Waals surface area (Å²) in [5, 5.41) is 9.04. The number of aldehydes is 1. The summed E-state index contributed by atoms with van der Waals surface area (Å²) in [5.41, 5.74) is 0. The minimum atomic E-state index is -0.977. The number of carbonyl (C=O) groups is 2. The first-order chi connectivity index (χ1) is 7.70. The second-order valence-electron chi connectivity index (χ2n) is 4.98. The van der Waals surface area contributed by atoms with Gasteiger partial charge in [-0.2, -0.15) is 0 Å². The van der Waals surface area contributed by atoms with Gasteiger partial charge < -0.3 is 14.6 Å². The van der Waals surface area contributed by atoms with Gasteiger partial charge in [0, 0.05) is 12.0 Å². The number of hydrogen-bond acceptors (Lipinski definition) is 3. The van der Waals surface area contributed by atoms with Crippen LogP contribution < -0.4 is 0 Å². The molecule has 0 aromatic rings. The highest BCUT2D eigenvalue weighted by Gasteiger charge is 2.54. The molecule has 0 spiro atoms. The van der Waals surface area contributed by atoms with Crippen molar-refractivity contribution in [2.24, 2.45) is 5.92 Å². The van der Waals surface area contributed by atoms with Crippen molar-refractivity contribution in [3.63, 3.8) is 0 Å². The van der Waals surface area contributed by atoms with Crippen LogP contribution in [0.1, 0.15) is 25.7 Å². The third-order valence-electron chi connectivity index (χ3n) is 3.93. The summed E-state index contributed by atoms with van der Waals surface area (Å²) in [7, 11) is 0. The summed E-state index contributed by atoms with van der Waals surface area (Å²) in [5.74, 6) is 0.0826. The van der Waals surface area contributed by atoms with Gasteiger partial charge in [0.2, 0.25) is 0 Å². The van der Waals surface area contributed by atoms with E-state index in [0.29, 0.717) is 6.10 Å². The number of piperidine rings is 1. The fourth-order valence-corrected chi connectivity index (χ4v) is 3.10. The van der Waals surface area contributed by atoms with Crippen LogP contribution in [0.4, 0.5) is 4.79 Å². The van der Waals surface area contributed by atoms with E-state index < -0.39 is 12.1 Å². The summed E-state index contributed by atoms with van der Waals surface area (Å²) in [6, 6.07) is -0.499. The normalized spacial score (nSPS) is 41.4. The molecule has 1 heterocycles. The first-order valence-corrected chi connectivity index (χ1v) is 5.82. The topological polar surface area (TPSA) is 66.8 Å². The van der Waals surface area contributed by atoms with Crippen LogP contribution in [0.2, 0.25) is 0 Å². The number of amides is 1. The Balaban J connectivity index is 1.74. The van der Waals surface area contributed by atoms with Crippen molar-refractivity contribution in [2.75, 3.05) is 0 Å². The van der Waals surface area contributed by atoms with E-state index in [1.807, 2.05) is 0 Å². The Hall–Kier alpha value is -1.10. The van der Waals surface area contributed by atoms with Crippen molar-refractivity contribution in [3.8, 4) is 0 Å². The highest BCUT2D eigenvalue weighted by molar-refractivity contribution is 5.74. The van der Waals surface area contributed by atoms with Crippen molar-refractivity contribution < 1.29 is 19.4 Å². The highest BCUT2D eigenvalue weighted by atomic mass is 16.5. The van der Waals surface area contributed by atoms with Crippen molar-refractivity contribution in [2.45, 2.75) is 50.0 Å². The second kappa shape index (κ2) is 3.45. The van der Waals surface area contributed by atoms with Gasteiger partial charge in [-0.15, -0.1) is 0 Å². The van der Waals surface area contributed by atoms with E-state index in [-0.39, 0.29) is 18.1 Å². The van der Waals surface area contributed by atoms with Gasteiger partial charge in [-0.3, -0.25) is 4.90 Å². The van der Waals surface area contributed by atoms with Crippen LogP contribution in [0.15, 0.2) is 0 Å². The number of carbonyl (C=O) groups excluding carboxylic acids is 1. The van der Waals surface area contributed by atoms with Crippen LogP contribution in [-0.2, 0) is 9.53 Å². The Kier molecular flexibility index (Phi) is 2.17. The molecule has 2 aliphatic carbocycles. The molecule has 3 unspecified atom stereocenters. The molecule has 1 saturated heterocycles. The molecule has 16 heavy (non-hydrogen) atoms. The Morgan fingerprint density at radius 3 is 2.69 bits per heavy atom. The SMILES string of the molecule is O=CC1C2CC(C[C@@H]2OC2CC2)N1C(=O)O. The lowest BCUT2D eigenvalue weighted by Gasteiger charge is -2.34. The molecule has 0 aromatic heterocycles. The molecule has 88 valence electrons. The maximum Gasteiger partial charge on any atom is 0.408 e. The minimum absolute atomic E-state index is 0.0125. The van der Waals surface area contributed by atoms with Crippen LogP contribution in [0.3, 0.4) is 0 Å². The number of ether oxygens (including phenoxy) is 1. The maximum atomic E-state index is 11.0. The van der Waals surface area contributed by atoms with Crippen molar-refractivity contribution in [1.82, 2.24) is 4.90 Å². The van der Waals surface area contributed by atoms with E-state index in [2.05, 4.69) is 0 Å². The number of likely N-dealkylation sites (tertiary alicyclic amines) is 1. The molecule has 1 amide bonds. The largest absolute Gasteiger partial charge is 0.465 e. The smallest absolute Gasteiger partial charge is 0.408 e. The number of carboxylic acid groups (broad SMARTS) is 1. The molecule has 0 radical (unpaired) electrons. The Labute approximate surface area is 93.4 Å². The van der Waals surface area contributed by atoms with E-state index in [0.717, 1.165) is 32.0 Å². The standard InChI is InChI=1S/C11H15NO4/c13-5-9-8-3-6(12(9)11(14)15)4-10(8)16-7-1-2-7/h5-10H,1-4H2,(H,14,15)/t6?,8?,9?,10-/m0/s1. The zero-order valence-electron chi connectivity index (χ0n) is 8.91. The van der Waals surface area contributed by atoms with Gasteiger partial charge in [0.1, 0.15) is 6.29 Å². The molecule has 3 rings (SSSR count). The summed E-state index contributed by atoms with van der Waals surface area (Å²) in [6.45, 7) is 0. The number of nitrogens with zero attached hydrogens (tertiary/aromatic N) is 1. The van der Waals surface area contributed by atoms with E-state index in [1.54, 1.807) is 0 Å². The molecular weight excluding hydrogens is 210 g/mol. The van der Waals surface area contributed by atoms with Gasteiger partial charge in [0.25, 0.3) is 0 Å². The number of fused-ring (bicyclic) bond motifs is 2. The molecule has 3 fully saturated rings. The lowest BCUT2D eigenvalue weighted by molar-refractivity contribution is -0.116. The predicted molar refractivity (Wildman–Crippen MR) is 54.1 cm³/mol. The first-order valence-electron chi connectivity index (χ1n) is 5.82. The van der Waals surface area contributed by atoms with E-state index >= 15 is 0 Å². The van der Waals surface area contributed by atoms with Gasteiger partial charge in [-0.25, -0.2) is 4.79 Å². The molecule has 5 nitrogen and oxygen atoms in total.